The number of amides is 2. The van der Waals surface area contributed by atoms with Crippen molar-refractivity contribution in [2.75, 3.05) is 13.7 Å². The Hall–Kier alpha value is -3.35. The molecule has 7 heteroatoms. The zero-order chi connectivity index (χ0) is 18.1. The first kappa shape index (κ1) is 18.0. The molecule has 2 aromatic rings. The molecule has 2 rings (SSSR count). The van der Waals surface area contributed by atoms with Gasteiger partial charge in [0.1, 0.15) is 5.75 Å². The minimum atomic E-state index is -0.636. The van der Waals surface area contributed by atoms with Crippen LogP contribution in [0.5, 0.6) is 5.75 Å². The van der Waals surface area contributed by atoms with Gasteiger partial charge < -0.3 is 9.47 Å². The molecule has 0 heterocycles. The van der Waals surface area contributed by atoms with Gasteiger partial charge in [-0.3, -0.25) is 25.2 Å². The number of esters is 1. The molecular weight excluding hydrogens is 324 g/mol. The maximum absolute atomic E-state index is 11.7. The molecule has 25 heavy (non-hydrogen) atoms. The normalized spacial score (nSPS) is 9.80. The average molecular weight is 342 g/mol. The molecule has 0 spiro atoms. The Morgan fingerprint density at radius 1 is 0.960 bits per heavy atom. The van der Waals surface area contributed by atoms with Crippen molar-refractivity contribution in [1.29, 1.82) is 0 Å². The number of carbonyl (C=O) groups excluding carboxylic acids is 3. The number of hydrazine groups is 1. The van der Waals surface area contributed by atoms with Gasteiger partial charge in [0.15, 0.2) is 6.61 Å². The summed E-state index contributed by atoms with van der Waals surface area (Å²) in [5.74, 6) is -1.02. The van der Waals surface area contributed by atoms with E-state index in [1.807, 2.05) is 0 Å². The van der Waals surface area contributed by atoms with E-state index in [4.69, 9.17) is 9.47 Å². The standard InChI is InChI=1S/C18H18N2O5/c1-24-15-9-5-6-13(10-15)11-17(22)25-12-16(21)19-20-18(23)14-7-3-2-4-8-14/h2-10H,11-12H2,1H3,(H,19,21)(H,20,23). The lowest BCUT2D eigenvalue weighted by atomic mass is 10.1. The lowest BCUT2D eigenvalue weighted by Crippen LogP contribution is -2.43. The Labute approximate surface area is 144 Å². The number of methoxy groups -OCH3 is 1. The summed E-state index contributed by atoms with van der Waals surface area (Å²) in [4.78, 5) is 35.1. The summed E-state index contributed by atoms with van der Waals surface area (Å²) in [6, 6.07) is 15.4. The van der Waals surface area contributed by atoms with Crippen LogP contribution >= 0.6 is 0 Å². The van der Waals surface area contributed by atoms with Gasteiger partial charge in [-0.05, 0) is 29.8 Å². The van der Waals surface area contributed by atoms with Gasteiger partial charge in [-0.2, -0.15) is 0 Å². The topological polar surface area (TPSA) is 93.7 Å². The van der Waals surface area contributed by atoms with Gasteiger partial charge in [0, 0.05) is 5.56 Å². The van der Waals surface area contributed by atoms with Crippen molar-refractivity contribution in [2.45, 2.75) is 6.42 Å². The van der Waals surface area contributed by atoms with Gasteiger partial charge in [0.2, 0.25) is 0 Å². The van der Waals surface area contributed by atoms with Gasteiger partial charge in [-0.25, -0.2) is 0 Å². The summed E-state index contributed by atoms with van der Waals surface area (Å²) in [7, 11) is 1.53. The molecular formula is C18H18N2O5. The van der Waals surface area contributed by atoms with E-state index in [-0.39, 0.29) is 6.42 Å². The molecule has 0 aliphatic rings. The highest BCUT2D eigenvalue weighted by atomic mass is 16.5. The summed E-state index contributed by atoms with van der Waals surface area (Å²) in [6.45, 7) is -0.488. The highest BCUT2D eigenvalue weighted by molar-refractivity contribution is 5.95. The zero-order valence-corrected chi connectivity index (χ0v) is 13.7. The van der Waals surface area contributed by atoms with Crippen molar-refractivity contribution in [2.24, 2.45) is 0 Å². The molecule has 0 unspecified atom stereocenters. The third kappa shape index (κ3) is 5.98. The number of nitrogens with one attached hydrogen (secondary N) is 2. The molecule has 7 nitrogen and oxygen atoms in total. The fraction of sp³-hybridized carbons (Fsp3) is 0.167. The van der Waals surface area contributed by atoms with Crippen molar-refractivity contribution in [3.8, 4) is 5.75 Å². The smallest absolute Gasteiger partial charge is 0.310 e. The van der Waals surface area contributed by atoms with Gasteiger partial charge in [-0.15, -0.1) is 0 Å². The first-order chi connectivity index (χ1) is 12.1. The van der Waals surface area contributed by atoms with E-state index in [0.717, 1.165) is 0 Å². The minimum Gasteiger partial charge on any atom is -0.497 e. The fourth-order valence-electron chi connectivity index (χ4n) is 1.97. The summed E-state index contributed by atoms with van der Waals surface area (Å²) in [6.07, 6.45) is 0.0147. The van der Waals surface area contributed by atoms with E-state index in [2.05, 4.69) is 10.9 Å². The number of ether oxygens (including phenoxy) is 2. The number of hydrogen-bond acceptors (Lipinski definition) is 5. The Morgan fingerprint density at radius 3 is 2.44 bits per heavy atom. The van der Waals surface area contributed by atoms with Crippen LogP contribution in [-0.2, 0) is 20.7 Å². The quantitative estimate of drug-likeness (QED) is 0.608. The average Bonchev–Trinajstić information content (AvgIpc) is 2.65. The number of benzene rings is 2. The molecule has 2 amide bonds. The van der Waals surface area contributed by atoms with Crippen LogP contribution in [0.1, 0.15) is 15.9 Å². The number of carbonyl (C=O) groups is 3. The second kappa shape index (κ2) is 9.07. The maximum atomic E-state index is 11.7. The van der Waals surface area contributed by atoms with Crippen molar-refractivity contribution in [3.63, 3.8) is 0 Å². The first-order valence-electron chi connectivity index (χ1n) is 7.51. The molecule has 0 radical (unpaired) electrons. The van der Waals surface area contributed by atoms with Gasteiger partial charge in [-0.1, -0.05) is 30.3 Å². The van der Waals surface area contributed by atoms with Crippen LogP contribution in [0.2, 0.25) is 0 Å². The fourth-order valence-corrected chi connectivity index (χ4v) is 1.97. The van der Waals surface area contributed by atoms with Crippen molar-refractivity contribution >= 4 is 17.8 Å². The number of hydrogen-bond donors (Lipinski definition) is 2. The molecule has 0 aliphatic heterocycles. The highest BCUT2D eigenvalue weighted by Crippen LogP contribution is 2.13. The predicted octanol–water partition coefficient (Wildman–Crippen LogP) is 1.24. The molecule has 0 bridgehead atoms. The second-order valence-electron chi connectivity index (χ2n) is 5.06. The third-order valence-electron chi connectivity index (χ3n) is 3.20. The maximum Gasteiger partial charge on any atom is 0.310 e. The summed E-state index contributed by atoms with van der Waals surface area (Å²) >= 11 is 0. The van der Waals surface area contributed by atoms with E-state index < -0.39 is 24.4 Å². The van der Waals surface area contributed by atoms with E-state index in [9.17, 15) is 14.4 Å². The number of rotatable bonds is 6. The summed E-state index contributed by atoms with van der Waals surface area (Å²) < 4.78 is 9.95. The third-order valence-corrected chi connectivity index (χ3v) is 3.20. The highest BCUT2D eigenvalue weighted by Gasteiger charge is 2.10. The lowest BCUT2D eigenvalue weighted by Gasteiger charge is -2.08. The van der Waals surface area contributed by atoms with Crippen molar-refractivity contribution in [1.82, 2.24) is 10.9 Å². The molecule has 2 aromatic carbocycles. The second-order valence-corrected chi connectivity index (χ2v) is 5.06. The van der Waals surface area contributed by atoms with Crippen LogP contribution in [0.4, 0.5) is 0 Å². The van der Waals surface area contributed by atoms with Crippen LogP contribution in [-0.4, -0.2) is 31.5 Å². The molecule has 130 valence electrons. The van der Waals surface area contributed by atoms with E-state index in [1.54, 1.807) is 54.6 Å². The largest absolute Gasteiger partial charge is 0.497 e. The van der Waals surface area contributed by atoms with Crippen LogP contribution < -0.4 is 15.6 Å². The van der Waals surface area contributed by atoms with Crippen LogP contribution in [0, 0.1) is 0 Å². The SMILES string of the molecule is COc1cccc(CC(=O)OCC(=O)NNC(=O)c2ccccc2)c1. The van der Waals surface area contributed by atoms with Gasteiger partial charge in [0.25, 0.3) is 11.8 Å². The van der Waals surface area contributed by atoms with Crippen LogP contribution in [0.3, 0.4) is 0 Å². The lowest BCUT2D eigenvalue weighted by molar-refractivity contribution is -0.148. The Bertz CT molecular complexity index is 746. The molecule has 0 atom stereocenters. The van der Waals surface area contributed by atoms with E-state index in [0.29, 0.717) is 16.9 Å². The Kier molecular flexibility index (Phi) is 6.53. The molecule has 0 aliphatic carbocycles. The van der Waals surface area contributed by atoms with E-state index in [1.165, 1.54) is 7.11 Å². The van der Waals surface area contributed by atoms with E-state index >= 15 is 0 Å². The van der Waals surface area contributed by atoms with Crippen LogP contribution in [0.25, 0.3) is 0 Å². The summed E-state index contributed by atoms with van der Waals surface area (Å²) in [5.41, 5.74) is 5.53. The van der Waals surface area contributed by atoms with Gasteiger partial charge in [0.05, 0.1) is 13.5 Å². The molecule has 2 N–H and O–H groups in total. The summed E-state index contributed by atoms with van der Waals surface area (Å²) in [5, 5.41) is 0. The van der Waals surface area contributed by atoms with Crippen molar-refractivity contribution < 1.29 is 23.9 Å². The molecule has 0 aromatic heterocycles. The Balaban J connectivity index is 1.72. The zero-order valence-electron chi connectivity index (χ0n) is 13.7. The first-order valence-corrected chi connectivity index (χ1v) is 7.51. The minimum absolute atomic E-state index is 0.0147. The van der Waals surface area contributed by atoms with Gasteiger partial charge >= 0.3 is 5.97 Å². The molecule has 0 fully saturated rings. The molecule has 0 saturated carbocycles. The monoisotopic (exact) mass is 342 g/mol. The Morgan fingerprint density at radius 2 is 1.72 bits per heavy atom. The van der Waals surface area contributed by atoms with Crippen LogP contribution in [0.15, 0.2) is 54.6 Å². The molecule has 0 saturated heterocycles. The van der Waals surface area contributed by atoms with Crippen molar-refractivity contribution in [3.05, 3.63) is 65.7 Å². The predicted molar refractivity (Wildman–Crippen MR) is 89.7 cm³/mol.